The van der Waals surface area contributed by atoms with Gasteiger partial charge in [-0.15, -0.1) is 0 Å². The summed E-state index contributed by atoms with van der Waals surface area (Å²) in [5, 5.41) is 0. The average Bonchev–Trinajstić information content (AvgIpc) is 2.92. The Morgan fingerprint density at radius 3 is 2.48 bits per heavy atom. The molecule has 118 valence electrons. The zero-order valence-corrected chi connectivity index (χ0v) is 13.1. The number of ether oxygens (including phenoxy) is 1. The van der Waals surface area contributed by atoms with Crippen LogP contribution in [0.1, 0.15) is 32.6 Å². The van der Waals surface area contributed by atoms with Gasteiger partial charge in [-0.3, -0.25) is 0 Å². The number of benzene rings is 1. The quantitative estimate of drug-likeness (QED) is 0.847. The second-order valence-electron chi connectivity index (χ2n) is 5.17. The van der Waals surface area contributed by atoms with Gasteiger partial charge in [-0.25, -0.2) is 12.8 Å². The number of rotatable bonds is 5. The minimum atomic E-state index is -3.75. The number of hydrogen-bond acceptors (Lipinski definition) is 4. The standard InChI is InChI=1S/C14H21FN2O3S/c1-3-17(10-6-4-5-7-10)21(18,19)11-8-12(15)14(20-2)13(16)9-11/h8-10H,3-7,16H2,1-2H3. The van der Waals surface area contributed by atoms with Crippen LogP contribution in [0.4, 0.5) is 10.1 Å². The van der Waals surface area contributed by atoms with Crippen LogP contribution in [0.5, 0.6) is 5.75 Å². The molecule has 21 heavy (non-hydrogen) atoms. The number of nitrogens with two attached hydrogens (primary N) is 1. The molecular weight excluding hydrogens is 295 g/mol. The minimum Gasteiger partial charge on any atom is -0.492 e. The summed E-state index contributed by atoms with van der Waals surface area (Å²) < 4.78 is 45.6. The highest BCUT2D eigenvalue weighted by molar-refractivity contribution is 7.89. The predicted octanol–water partition coefficient (Wildman–Crippen LogP) is 2.37. The van der Waals surface area contributed by atoms with E-state index in [1.54, 1.807) is 6.92 Å². The number of hydrogen-bond donors (Lipinski definition) is 1. The van der Waals surface area contributed by atoms with Crippen molar-refractivity contribution in [1.82, 2.24) is 4.31 Å². The highest BCUT2D eigenvalue weighted by Crippen LogP contribution is 2.32. The van der Waals surface area contributed by atoms with Crippen molar-refractivity contribution in [2.45, 2.75) is 43.5 Å². The van der Waals surface area contributed by atoms with Crippen LogP contribution in [0.15, 0.2) is 17.0 Å². The Hall–Kier alpha value is -1.34. The fraction of sp³-hybridized carbons (Fsp3) is 0.571. The van der Waals surface area contributed by atoms with E-state index in [4.69, 9.17) is 10.5 Å². The fourth-order valence-electron chi connectivity index (χ4n) is 2.91. The van der Waals surface area contributed by atoms with Gasteiger partial charge in [-0.05, 0) is 25.0 Å². The molecule has 0 unspecified atom stereocenters. The van der Waals surface area contributed by atoms with E-state index in [1.807, 2.05) is 0 Å². The maximum Gasteiger partial charge on any atom is 0.243 e. The predicted molar refractivity (Wildman–Crippen MR) is 79.2 cm³/mol. The van der Waals surface area contributed by atoms with Gasteiger partial charge in [0.2, 0.25) is 10.0 Å². The van der Waals surface area contributed by atoms with Crippen LogP contribution >= 0.6 is 0 Å². The van der Waals surface area contributed by atoms with Crippen molar-refractivity contribution in [1.29, 1.82) is 0 Å². The van der Waals surface area contributed by atoms with Gasteiger partial charge in [0, 0.05) is 12.6 Å². The fourth-order valence-corrected chi connectivity index (χ4v) is 4.65. The maximum atomic E-state index is 13.9. The molecule has 0 aromatic heterocycles. The van der Waals surface area contributed by atoms with Crippen molar-refractivity contribution in [3.63, 3.8) is 0 Å². The van der Waals surface area contributed by atoms with Gasteiger partial charge in [0.05, 0.1) is 17.7 Å². The zero-order chi connectivity index (χ0) is 15.6. The molecule has 0 heterocycles. The summed E-state index contributed by atoms with van der Waals surface area (Å²) in [4.78, 5) is -0.118. The summed E-state index contributed by atoms with van der Waals surface area (Å²) in [6.07, 6.45) is 3.74. The SMILES string of the molecule is CCN(C1CCCC1)S(=O)(=O)c1cc(N)c(OC)c(F)c1. The van der Waals surface area contributed by atoms with Gasteiger partial charge in [0.15, 0.2) is 11.6 Å². The largest absolute Gasteiger partial charge is 0.492 e. The van der Waals surface area contributed by atoms with Crippen molar-refractivity contribution in [2.75, 3.05) is 19.4 Å². The van der Waals surface area contributed by atoms with Crippen molar-refractivity contribution in [2.24, 2.45) is 0 Å². The van der Waals surface area contributed by atoms with E-state index in [0.717, 1.165) is 31.7 Å². The molecule has 1 fully saturated rings. The first kappa shape index (κ1) is 16.0. The number of nitrogen functional groups attached to an aromatic ring is 1. The summed E-state index contributed by atoms with van der Waals surface area (Å²) in [6, 6.07) is 2.23. The summed E-state index contributed by atoms with van der Waals surface area (Å²) >= 11 is 0. The van der Waals surface area contributed by atoms with E-state index in [1.165, 1.54) is 17.5 Å². The van der Waals surface area contributed by atoms with E-state index in [2.05, 4.69) is 0 Å². The normalized spacial score (nSPS) is 16.6. The van der Waals surface area contributed by atoms with Gasteiger partial charge >= 0.3 is 0 Å². The van der Waals surface area contributed by atoms with Crippen LogP contribution in [0.2, 0.25) is 0 Å². The van der Waals surface area contributed by atoms with Crippen molar-refractivity contribution >= 4 is 15.7 Å². The summed E-state index contributed by atoms with van der Waals surface area (Å²) in [7, 11) is -2.46. The lowest BCUT2D eigenvalue weighted by Gasteiger charge is -2.27. The Balaban J connectivity index is 2.42. The third-order valence-electron chi connectivity index (χ3n) is 3.90. The van der Waals surface area contributed by atoms with Crippen LogP contribution in [-0.4, -0.2) is 32.4 Å². The highest BCUT2D eigenvalue weighted by atomic mass is 32.2. The summed E-state index contributed by atoms with van der Waals surface area (Å²) in [5.41, 5.74) is 5.66. The average molecular weight is 316 g/mol. The molecule has 0 spiro atoms. The maximum absolute atomic E-state index is 13.9. The molecule has 2 rings (SSSR count). The van der Waals surface area contributed by atoms with E-state index < -0.39 is 15.8 Å². The van der Waals surface area contributed by atoms with Crippen molar-refractivity contribution in [3.05, 3.63) is 17.9 Å². The van der Waals surface area contributed by atoms with Crippen LogP contribution < -0.4 is 10.5 Å². The Bertz CT molecular complexity index is 590. The molecule has 7 heteroatoms. The van der Waals surface area contributed by atoms with Gasteiger partial charge in [0.25, 0.3) is 0 Å². The molecule has 5 nitrogen and oxygen atoms in total. The molecule has 1 aliphatic rings. The highest BCUT2D eigenvalue weighted by Gasteiger charge is 2.32. The molecule has 0 saturated heterocycles. The van der Waals surface area contributed by atoms with Crippen molar-refractivity contribution < 1.29 is 17.5 Å². The summed E-state index contributed by atoms with van der Waals surface area (Å²) in [6.45, 7) is 2.15. The second-order valence-corrected chi connectivity index (χ2v) is 7.06. The first-order chi connectivity index (χ1) is 9.91. The topological polar surface area (TPSA) is 72.6 Å². The van der Waals surface area contributed by atoms with Gasteiger partial charge in [-0.2, -0.15) is 4.31 Å². The van der Waals surface area contributed by atoms with E-state index in [9.17, 15) is 12.8 Å². The Labute approximate surface area is 124 Å². The van der Waals surface area contributed by atoms with Crippen LogP contribution in [0, 0.1) is 5.82 Å². The van der Waals surface area contributed by atoms with E-state index in [-0.39, 0.29) is 22.4 Å². The van der Waals surface area contributed by atoms with E-state index >= 15 is 0 Å². The number of sulfonamides is 1. The molecule has 1 aromatic rings. The molecule has 0 radical (unpaired) electrons. The molecule has 1 aromatic carbocycles. The van der Waals surface area contributed by atoms with Crippen molar-refractivity contribution in [3.8, 4) is 5.75 Å². The zero-order valence-electron chi connectivity index (χ0n) is 12.3. The minimum absolute atomic E-state index is 0.00797. The second kappa shape index (κ2) is 6.19. The molecule has 2 N–H and O–H groups in total. The number of nitrogens with zero attached hydrogens (tertiary/aromatic N) is 1. The van der Waals surface area contributed by atoms with Gasteiger partial charge in [0.1, 0.15) is 0 Å². The van der Waals surface area contributed by atoms with Crippen LogP contribution in [0.25, 0.3) is 0 Å². The van der Waals surface area contributed by atoms with Crippen LogP contribution in [0.3, 0.4) is 0 Å². The Morgan fingerprint density at radius 1 is 1.38 bits per heavy atom. The molecule has 0 bridgehead atoms. The van der Waals surface area contributed by atoms with Gasteiger partial charge < -0.3 is 10.5 Å². The Morgan fingerprint density at radius 2 is 2.00 bits per heavy atom. The smallest absolute Gasteiger partial charge is 0.243 e. The number of halogens is 1. The lowest BCUT2D eigenvalue weighted by Crippen LogP contribution is -2.38. The molecule has 1 saturated carbocycles. The summed E-state index contributed by atoms with van der Waals surface area (Å²) in [5.74, 6) is -0.892. The third kappa shape index (κ3) is 2.98. The molecule has 1 aliphatic carbocycles. The lowest BCUT2D eigenvalue weighted by atomic mass is 10.2. The molecule has 0 aliphatic heterocycles. The third-order valence-corrected chi connectivity index (χ3v) is 5.91. The molecular formula is C14H21FN2O3S. The van der Waals surface area contributed by atoms with Crippen LogP contribution in [-0.2, 0) is 10.0 Å². The monoisotopic (exact) mass is 316 g/mol. The molecule has 0 atom stereocenters. The lowest BCUT2D eigenvalue weighted by molar-refractivity contribution is 0.335. The first-order valence-corrected chi connectivity index (χ1v) is 8.50. The number of methoxy groups -OCH3 is 1. The number of anilines is 1. The van der Waals surface area contributed by atoms with Gasteiger partial charge in [-0.1, -0.05) is 19.8 Å². The Kier molecular flexibility index (Phi) is 4.73. The first-order valence-electron chi connectivity index (χ1n) is 7.06. The van der Waals surface area contributed by atoms with E-state index in [0.29, 0.717) is 6.54 Å². The molecule has 0 amide bonds.